The molecule has 0 saturated carbocycles. The van der Waals surface area contributed by atoms with Crippen molar-refractivity contribution in [3.8, 4) is 0 Å². The highest BCUT2D eigenvalue weighted by molar-refractivity contribution is 6.31. The van der Waals surface area contributed by atoms with Gasteiger partial charge in [0.15, 0.2) is 0 Å². The average molecular weight is 252 g/mol. The summed E-state index contributed by atoms with van der Waals surface area (Å²) in [6, 6.07) is 6.26. The summed E-state index contributed by atoms with van der Waals surface area (Å²) < 4.78 is 13.0. The van der Waals surface area contributed by atoms with Crippen molar-refractivity contribution in [2.45, 2.75) is 13.8 Å². The largest absolute Gasteiger partial charge is 0.324 e. The van der Waals surface area contributed by atoms with Crippen LogP contribution in [0.2, 0.25) is 5.02 Å². The molecule has 0 radical (unpaired) electrons. The number of nitrogens with one attached hydrogen (secondary N) is 1. The highest BCUT2D eigenvalue weighted by atomic mass is 35.5. The van der Waals surface area contributed by atoms with E-state index >= 15 is 0 Å². The molecule has 0 aliphatic heterocycles. The van der Waals surface area contributed by atoms with Crippen molar-refractivity contribution in [3.05, 3.63) is 46.5 Å². The van der Waals surface area contributed by atoms with E-state index in [1.54, 1.807) is 6.07 Å². The van der Waals surface area contributed by atoms with Crippen molar-refractivity contribution in [3.63, 3.8) is 0 Å². The molecule has 1 N–H and O–H groups in total. The van der Waals surface area contributed by atoms with E-state index in [9.17, 15) is 4.39 Å². The highest BCUT2D eigenvalue weighted by Crippen LogP contribution is 2.21. The zero-order valence-corrected chi connectivity index (χ0v) is 10.2. The smallest absolute Gasteiger partial charge is 0.227 e. The van der Waals surface area contributed by atoms with Gasteiger partial charge >= 0.3 is 0 Å². The Bertz CT molecular complexity index is 537. The van der Waals surface area contributed by atoms with Gasteiger partial charge in [0.05, 0.1) is 5.02 Å². The van der Waals surface area contributed by atoms with E-state index in [2.05, 4.69) is 15.3 Å². The first-order chi connectivity index (χ1) is 8.04. The third kappa shape index (κ3) is 2.91. The fraction of sp³-hybridized carbons (Fsp3) is 0.167. The predicted molar refractivity (Wildman–Crippen MR) is 66.2 cm³/mol. The first kappa shape index (κ1) is 11.8. The van der Waals surface area contributed by atoms with Gasteiger partial charge < -0.3 is 5.32 Å². The van der Waals surface area contributed by atoms with Crippen LogP contribution in [0.15, 0.2) is 24.3 Å². The van der Waals surface area contributed by atoms with E-state index in [1.807, 2.05) is 19.9 Å². The van der Waals surface area contributed by atoms with Crippen molar-refractivity contribution >= 4 is 23.2 Å². The minimum Gasteiger partial charge on any atom is -0.324 e. The summed E-state index contributed by atoms with van der Waals surface area (Å²) in [6.07, 6.45) is 0. The van der Waals surface area contributed by atoms with Gasteiger partial charge in [0, 0.05) is 17.1 Å². The third-order valence-electron chi connectivity index (χ3n) is 2.16. The Balaban J connectivity index is 2.28. The minimum absolute atomic E-state index is 0.0689. The molecular weight excluding hydrogens is 241 g/mol. The average Bonchev–Trinajstić information content (AvgIpc) is 2.22. The normalized spacial score (nSPS) is 10.4. The summed E-state index contributed by atoms with van der Waals surface area (Å²) in [5.41, 5.74) is 2.39. The molecular formula is C12H11ClFN3. The fourth-order valence-corrected chi connectivity index (χ4v) is 1.67. The Morgan fingerprint density at radius 2 is 1.76 bits per heavy atom. The predicted octanol–water partition coefficient (Wildman–Crippen LogP) is 3.63. The van der Waals surface area contributed by atoms with Crippen molar-refractivity contribution in [1.82, 2.24) is 9.97 Å². The molecule has 2 rings (SSSR count). The molecule has 0 unspecified atom stereocenters. The summed E-state index contributed by atoms with van der Waals surface area (Å²) in [7, 11) is 0. The summed E-state index contributed by atoms with van der Waals surface area (Å²) in [4.78, 5) is 8.44. The molecule has 0 amide bonds. The van der Waals surface area contributed by atoms with Crippen LogP contribution >= 0.6 is 11.6 Å². The molecule has 0 bridgehead atoms. The molecule has 1 heterocycles. The number of rotatable bonds is 2. The van der Waals surface area contributed by atoms with Gasteiger partial charge in [0.1, 0.15) is 5.82 Å². The first-order valence-corrected chi connectivity index (χ1v) is 5.47. The Hall–Kier alpha value is -1.68. The van der Waals surface area contributed by atoms with Crippen molar-refractivity contribution < 1.29 is 4.39 Å². The van der Waals surface area contributed by atoms with E-state index in [4.69, 9.17) is 11.6 Å². The van der Waals surface area contributed by atoms with Crippen LogP contribution in [0.5, 0.6) is 0 Å². The number of hydrogen-bond donors (Lipinski definition) is 1. The van der Waals surface area contributed by atoms with Crippen molar-refractivity contribution in [2.75, 3.05) is 5.32 Å². The first-order valence-electron chi connectivity index (χ1n) is 5.09. The number of hydrogen-bond acceptors (Lipinski definition) is 3. The lowest BCUT2D eigenvalue weighted by Crippen LogP contribution is -2.00. The van der Waals surface area contributed by atoms with Crippen LogP contribution in [0.4, 0.5) is 16.0 Å². The topological polar surface area (TPSA) is 37.8 Å². The molecule has 0 fully saturated rings. The van der Waals surface area contributed by atoms with Crippen LogP contribution in [-0.4, -0.2) is 9.97 Å². The number of aryl methyl sites for hydroxylation is 2. The van der Waals surface area contributed by atoms with Crippen LogP contribution < -0.4 is 5.32 Å². The summed E-state index contributed by atoms with van der Waals surface area (Å²) in [6.45, 7) is 3.77. The third-order valence-corrected chi connectivity index (χ3v) is 2.45. The van der Waals surface area contributed by atoms with Gasteiger partial charge in [-0.1, -0.05) is 11.6 Å². The molecule has 88 valence electrons. The standard InChI is InChI=1S/C12H11ClFN3/c1-7-5-8(2)16-12(15-7)17-9-3-4-11(14)10(13)6-9/h3-6H,1-2H3,(H,15,16,17). The molecule has 0 aliphatic rings. The van der Waals surface area contributed by atoms with E-state index in [1.165, 1.54) is 12.1 Å². The van der Waals surface area contributed by atoms with Gasteiger partial charge in [-0.15, -0.1) is 0 Å². The molecule has 0 saturated heterocycles. The van der Waals surface area contributed by atoms with Gasteiger partial charge in [0.25, 0.3) is 0 Å². The number of anilines is 2. The summed E-state index contributed by atoms with van der Waals surface area (Å²) in [5.74, 6) is 0.0312. The Morgan fingerprint density at radius 3 is 2.35 bits per heavy atom. The van der Waals surface area contributed by atoms with Gasteiger partial charge in [-0.2, -0.15) is 0 Å². The zero-order valence-electron chi connectivity index (χ0n) is 9.46. The van der Waals surface area contributed by atoms with Crippen LogP contribution in [-0.2, 0) is 0 Å². The minimum atomic E-state index is -0.446. The molecule has 2 aromatic rings. The molecule has 0 atom stereocenters. The Kier molecular flexibility index (Phi) is 3.24. The quantitative estimate of drug-likeness (QED) is 0.886. The molecule has 5 heteroatoms. The second-order valence-electron chi connectivity index (χ2n) is 3.73. The van der Waals surface area contributed by atoms with E-state index in [-0.39, 0.29) is 5.02 Å². The number of nitrogens with zero attached hydrogens (tertiary/aromatic N) is 2. The van der Waals surface area contributed by atoms with Gasteiger partial charge in [-0.05, 0) is 38.1 Å². The monoisotopic (exact) mass is 251 g/mol. The maximum absolute atomic E-state index is 13.0. The molecule has 1 aromatic carbocycles. The molecule has 3 nitrogen and oxygen atoms in total. The lowest BCUT2D eigenvalue weighted by atomic mass is 10.3. The molecule has 0 spiro atoms. The Labute approximate surface area is 104 Å². The van der Waals surface area contributed by atoms with Crippen LogP contribution in [0, 0.1) is 19.7 Å². The van der Waals surface area contributed by atoms with Crippen molar-refractivity contribution in [2.24, 2.45) is 0 Å². The van der Waals surface area contributed by atoms with E-state index in [0.29, 0.717) is 11.6 Å². The number of benzene rings is 1. The zero-order chi connectivity index (χ0) is 12.4. The summed E-state index contributed by atoms with van der Waals surface area (Å²) in [5, 5.41) is 3.05. The Morgan fingerprint density at radius 1 is 1.12 bits per heavy atom. The number of aromatic nitrogens is 2. The van der Waals surface area contributed by atoms with E-state index < -0.39 is 5.82 Å². The highest BCUT2D eigenvalue weighted by Gasteiger charge is 2.03. The van der Waals surface area contributed by atoms with Crippen molar-refractivity contribution in [1.29, 1.82) is 0 Å². The lowest BCUT2D eigenvalue weighted by molar-refractivity contribution is 0.628. The molecule has 17 heavy (non-hydrogen) atoms. The molecule has 1 aromatic heterocycles. The summed E-state index contributed by atoms with van der Waals surface area (Å²) >= 11 is 5.69. The lowest BCUT2D eigenvalue weighted by Gasteiger charge is -2.07. The van der Waals surface area contributed by atoms with Crippen LogP contribution in [0.1, 0.15) is 11.4 Å². The SMILES string of the molecule is Cc1cc(C)nc(Nc2ccc(F)c(Cl)c2)n1. The second-order valence-corrected chi connectivity index (χ2v) is 4.14. The maximum Gasteiger partial charge on any atom is 0.227 e. The number of halogens is 2. The van der Waals surface area contributed by atoms with Gasteiger partial charge in [0.2, 0.25) is 5.95 Å². The van der Waals surface area contributed by atoms with E-state index in [0.717, 1.165) is 11.4 Å². The maximum atomic E-state index is 13.0. The molecule has 0 aliphatic carbocycles. The van der Waals surface area contributed by atoms with Gasteiger partial charge in [-0.25, -0.2) is 14.4 Å². The van der Waals surface area contributed by atoms with Crippen LogP contribution in [0.3, 0.4) is 0 Å². The second kappa shape index (κ2) is 4.67. The van der Waals surface area contributed by atoms with Gasteiger partial charge in [-0.3, -0.25) is 0 Å². The fourth-order valence-electron chi connectivity index (χ4n) is 1.48. The van der Waals surface area contributed by atoms with Crippen LogP contribution in [0.25, 0.3) is 0 Å².